The van der Waals surface area contributed by atoms with Crippen molar-refractivity contribution in [2.45, 2.75) is 20.4 Å². The van der Waals surface area contributed by atoms with E-state index in [0.29, 0.717) is 6.54 Å². The molecule has 0 aliphatic heterocycles. The molecule has 0 aliphatic rings. The Kier molecular flexibility index (Phi) is 3.24. The van der Waals surface area contributed by atoms with Gasteiger partial charge in [0.25, 0.3) is 0 Å². The van der Waals surface area contributed by atoms with Gasteiger partial charge in [-0.2, -0.15) is 0 Å². The number of benzene rings is 1. The molecular formula is C16H17N3O. The summed E-state index contributed by atoms with van der Waals surface area (Å²) in [7, 11) is 0. The van der Waals surface area contributed by atoms with E-state index < -0.39 is 0 Å². The molecule has 3 rings (SSSR count). The molecule has 0 fully saturated rings. The lowest BCUT2D eigenvalue weighted by atomic mass is 10.1. The predicted octanol–water partition coefficient (Wildman–Crippen LogP) is 2.71. The molecule has 1 N–H and O–H groups in total. The van der Waals surface area contributed by atoms with Crippen molar-refractivity contribution >= 4 is 11.0 Å². The van der Waals surface area contributed by atoms with Gasteiger partial charge in [0.05, 0.1) is 17.6 Å². The highest BCUT2D eigenvalue weighted by Gasteiger charge is 2.13. The summed E-state index contributed by atoms with van der Waals surface area (Å²) in [6.07, 6.45) is 3.55. The van der Waals surface area contributed by atoms with Gasteiger partial charge in [0.1, 0.15) is 5.82 Å². The Morgan fingerprint density at radius 1 is 1.20 bits per heavy atom. The van der Waals surface area contributed by atoms with Gasteiger partial charge in [-0.25, -0.2) is 4.98 Å². The van der Waals surface area contributed by atoms with Crippen LogP contribution in [-0.4, -0.2) is 26.2 Å². The number of hydrogen-bond donors (Lipinski definition) is 1. The molecule has 0 atom stereocenters. The first-order valence-electron chi connectivity index (χ1n) is 6.69. The van der Waals surface area contributed by atoms with E-state index >= 15 is 0 Å². The highest BCUT2D eigenvalue weighted by Crippen LogP contribution is 2.26. The molecule has 0 aliphatic carbocycles. The first-order valence-corrected chi connectivity index (χ1v) is 6.69. The average Bonchev–Trinajstić information content (AvgIpc) is 2.79. The van der Waals surface area contributed by atoms with Crippen molar-refractivity contribution in [3.8, 4) is 11.4 Å². The third-order valence-electron chi connectivity index (χ3n) is 3.61. The SMILES string of the molecule is Cc1cc2nc(-c3cccnc3)n(CCO)c2cc1C. The number of fused-ring (bicyclic) bond motifs is 1. The Hall–Kier alpha value is -2.20. The Labute approximate surface area is 117 Å². The zero-order valence-corrected chi connectivity index (χ0v) is 11.7. The van der Waals surface area contributed by atoms with Crippen LogP contribution in [0.15, 0.2) is 36.7 Å². The standard InChI is InChI=1S/C16H17N3O/c1-11-8-14-15(9-12(11)2)19(6-7-20)16(18-14)13-4-3-5-17-10-13/h3-5,8-10,20H,6-7H2,1-2H3. The van der Waals surface area contributed by atoms with Crippen molar-refractivity contribution in [1.29, 1.82) is 0 Å². The van der Waals surface area contributed by atoms with Gasteiger partial charge in [0, 0.05) is 24.5 Å². The van der Waals surface area contributed by atoms with Crippen molar-refractivity contribution in [3.05, 3.63) is 47.8 Å². The number of imidazole rings is 1. The lowest BCUT2D eigenvalue weighted by Crippen LogP contribution is -2.04. The lowest BCUT2D eigenvalue weighted by molar-refractivity contribution is 0.278. The Morgan fingerprint density at radius 3 is 2.70 bits per heavy atom. The number of aliphatic hydroxyl groups excluding tert-OH is 1. The Balaban J connectivity index is 2.28. The number of nitrogens with zero attached hydrogens (tertiary/aromatic N) is 3. The number of hydrogen-bond acceptors (Lipinski definition) is 3. The van der Waals surface area contributed by atoms with Gasteiger partial charge >= 0.3 is 0 Å². The largest absolute Gasteiger partial charge is 0.395 e. The summed E-state index contributed by atoms with van der Waals surface area (Å²) >= 11 is 0. The third-order valence-corrected chi connectivity index (χ3v) is 3.61. The lowest BCUT2D eigenvalue weighted by Gasteiger charge is -2.08. The smallest absolute Gasteiger partial charge is 0.142 e. The molecular weight excluding hydrogens is 250 g/mol. The van der Waals surface area contributed by atoms with E-state index in [9.17, 15) is 5.11 Å². The first kappa shape index (κ1) is 12.8. The maximum absolute atomic E-state index is 9.33. The fourth-order valence-corrected chi connectivity index (χ4v) is 2.42. The van der Waals surface area contributed by atoms with E-state index in [1.807, 2.05) is 12.1 Å². The van der Waals surface area contributed by atoms with Crippen LogP contribution in [0.5, 0.6) is 0 Å². The highest BCUT2D eigenvalue weighted by molar-refractivity contribution is 5.82. The van der Waals surface area contributed by atoms with Gasteiger partial charge in [-0.3, -0.25) is 4.98 Å². The second-order valence-electron chi connectivity index (χ2n) is 4.98. The zero-order chi connectivity index (χ0) is 14.1. The summed E-state index contributed by atoms with van der Waals surface area (Å²) < 4.78 is 2.05. The van der Waals surface area contributed by atoms with Crippen molar-refractivity contribution in [1.82, 2.24) is 14.5 Å². The number of pyridine rings is 1. The summed E-state index contributed by atoms with van der Waals surface area (Å²) in [6, 6.07) is 8.11. The summed E-state index contributed by atoms with van der Waals surface area (Å²) in [5.74, 6) is 0.854. The molecule has 0 saturated heterocycles. The molecule has 0 amide bonds. The van der Waals surface area contributed by atoms with Crippen molar-refractivity contribution in [3.63, 3.8) is 0 Å². The minimum Gasteiger partial charge on any atom is -0.395 e. The number of aromatic nitrogens is 3. The molecule has 4 heteroatoms. The van der Waals surface area contributed by atoms with Crippen LogP contribution in [0, 0.1) is 13.8 Å². The first-order chi connectivity index (χ1) is 9.70. The average molecular weight is 267 g/mol. The van der Waals surface area contributed by atoms with Crippen molar-refractivity contribution < 1.29 is 5.11 Å². The van der Waals surface area contributed by atoms with Gasteiger partial charge in [-0.15, -0.1) is 0 Å². The minimum absolute atomic E-state index is 0.0889. The number of rotatable bonds is 3. The topological polar surface area (TPSA) is 50.9 Å². The van der Waals surface area contributed by atoms with Crippen LogP contribution in [0.2, 0.25) is 0 Å². The van der Waals surface area contributed by atoms with Crippen molar-refractivity contribution in [2.75, 3.05) is 6.61 Å². The van der Waals surface area contributed by atoms with Crippen LogP contribution in [0.4, 0.5) is 0 Å². The van der Waals surface area contributed by atoms with Crippen LogP contribution >= 0.6 is 0 Å². The fourth-order valence-electron chi connectivity index (χ4n) is 2.42. The summed E-state index contributed by atoms with van der Waals surface area (Å²) in [6.45, 7) is 4.80. The van der Waals surface area contributed by atoms with Gasteiger partial charge in [-0.1, -0.05) is 0 Å². The fraction of sp³-hybridized carbons (Fsp3) is 0.250. The molecule has 0 saturated carbocycles. The summed E-state index contributed by atoms with van der Waals surface area (Å²) in [5.41, 5.74) is 5.44. The van der Waals surface area contributed by atoms with Crippen LogP contribution in [0.25, 0.3) is 22.4 Å². The number of aliphatic hydroxyl groups is 1. The molecule has 0 bridgehead atoms. The molecule has 4 nitrogen and oxygen atoms in total. The molecule has 0 unspecified atom stereocenters. The molecule has 2 aromatic heterocycles. The second-order valence-corrected chi connectivity index (χ2v) is 4.98. The number of aryl methyl sites for hydroxylation is 2. The van der Waals surface area contributed by atoms with Gasteiger partial charge in [-0.05, 0) is 49.2 Å². The second kappa shape index (κ2) is 5.06. The monoisotopic (exact) mass is 267 g/mol. The van der Waals surface area contributed by atoms with E-state index in [2.05, 4.69) is 35.5 Å². The molecule has 2 heterocycles. The molecule has 0 radical (unpaired) electrons. The van der Waals surface area contributed by atoms with E-state index in [4.69, 9.17) is 4.98 Å². The normalized spacial score (nSPS) is 11.2. The Bertz CT molecular complexity index is 747. The van der Waals surface area contributed by atoms with Gasteiger partial charge in [0.15, 0.2) is 0 Å². The molecule has 102 valence electrons. The zero-order valence-electron chi connectivity index (χ0n) is 11.7. The maximum atomic E-state index is 9.33. The summed E-state index contributed by atoms with van der Waals surface area (Å²) in [4.78, 5) is 8.87. The van der Waals surface area contributed by atoms with E-state index in [-0.39, 0.29) is 6.61 Å². The maximum Gasteiger partial charge on any atom is 0.142 e. The quantitative estimate of drug-likeness (QED) is 0.793. The van der Waals surface area contributed by atoms with Crippen molar-refractivity contribution in [2.24, 2.45) is 0 Å². The predicted molar refractivity (Wildman–Crippen MR) is 79.5 cm³/mol. The van der Waals surface area contributed by atoms with E-state index in [0.717, 1.165) is 22.4 Å². The molecule has 0 spiro atoms. The Morgan fingerprint density at radius 2 is 2.00 bits per heavy atom. The summed E-state index contributed by atoms with van der Waals surface area (Å²) in [5, 5.41) is 9.33. The van der Waals surface area contributed by atoms with E-state index in [1.165, 1.54) is 11.1 Å². The molecule has 1 aromatic carbocycles. The van der Waals surface area contributed by atoms with Gasteiger partial charge < -0.3 is 9.67 Å². The van der Waals surface area contributed by atoms with Crippen LogP contribution in [0.3, 0.4) is 0 Å². The van der Waals surface area contributed by atoms with Crippen LogP contribution in [-0.2, 0) is 6.54 Å². The molecule has 3 aromatic rings. The van der Waals surface area contributed by atoms with Crippen LogP contribution < -0.4 is 0 Å². The molecule has 20 heavy (non-hydrogen) atoms. The van der Waals surface area contributed by atoms with E-state index in [1.54, 1.807) is 12.4 Å². The van der Waals surface area contributed by atoms with Crippen LogP contribution in [0.1, 0.15) is 11.1 Å². The highest BCUT2D eigenvalue weighted by atomic mass is 16.3. The van der Waals surface area contributed by atoms with Gasteiger partial charge in [0.2, 0.25) is 0 Å². The minimum atomic E-state index is 0.0889. The third kappa shape index (κ3) is 2.08.